The standard InChI is InChI=1S/C16H22N2O3S/c19-16(11-22-13-3-6-17-7-4-13)18-14-10-20-8-5-15(14)21-9-12-1-2-12/h3-4,6-7,12,14-15H,1-2,5,8-11H2,(H,18,19)/t14-,15+/m1/s1. The normalized spacial score (nSPS) is 24.9. The molecule has 2 heterocycles. The summed E-state index contributed by atoms with van der Waals surface area (Å²) >= 11 is 1.51. The number of nitrogens with zero attached hydrogens (tertiary/aromatic N) is 1. The van der Waals surface area contributed by atoms with Crippen molar-refractivity contribution in [3.8, 4) is 0 Å². The van der Waals surface area contributed by atoms with Crippen molar-refractivity contribution < 1.29 is 14.3 Å². The molecule has 0 spiro atoms. The van der Waals surface area contributed by atoms with Gasteiger partial charge in [-0.3, -0.25) is 9.78 Å². The molecule has 6 heteroatoms. The number of aromatic nitrogens is 1. The van der Waals surface area contributed by atoms with Gasteiger partial charge in [-0.05, 0) is 37.3 Å². The molecule has 2 aliphatic rings. The van der Waals surface area contributed by atoms with E-state index in [9.17, 15) is 4.79 Å². The summed E-state index contributed by atoms with van der Waals surface area (Å²) in [5.74, 6) is 1.16. The lowest BCUT2D eigenvalue weighted by molar-refractivity contribution is -0.123. The molecule has 0 radical (unpaired) electrons. The highest BCUT2D eigenvalue weighted by Crippen LogP contribution is 2.30. The van der Waals surface area contributed by atoms with Crippen LogP contribution in [0.1, 0.15) is 19.3 Å². The highest BCUT2D eigenvalue weighted by atomic mass is 32.2. The van der Waals surface area contributed by atoms with Gasteiger partial charge in [0.1, 0.15) is 0 Å². The van der Waals surface area contributed by atoms with Crippen LogP contribution in [0.15, 0.2) is 29.4 Å². The maximum Gasteiger partial charge on any atom is 0.230 e. The summed E-state index contributed by atoms with van der Waals surface area (Å²) in [5, 5.41) is 3.06. The van der Waals surface area contributed by atoms with Crippen molar-refractivity contribution >= 4 is 17.7 Å². The fourth-order valence-electron chi connectivity index (χ4n) is 2.43. The number of carbonyl (C=O) groups is 1. The van der Waals surface area contributed by atoms with Crippen LogP contribution < -0.4 is 5.32 Å². The van der Waals surface area contributed by atoms with Crippen LogP contribution in [-0.2, 0) is 14.3 Å². The summed E-state index contributed by atoms with van der Waals surface area (Å²) in [6, 6.07) is 3.78. The molecule has 1 amide bonds. The fourth-order valence-corrected chi connectivity index (χ4v) is 3.12. The van der Waals surface area contributed by atoms with Crippen LogP contribution in [0.25, 0.3) is 0 Å². The van der Waals surface area contributed by atoms with E-state index in [1.807, 2.05) is 12.1 Å². The van der Waals surface area contributed by atoms with Crippen LogP contribution >= 0.6 is 11.8 Å². The second kappa shape index (κ2) is 7.94. The lowest BCUT2D eigenvalue weighted by Crippen LogP contribution is -2.51. The van der Waals surface area contributed by atoms with Crippen molar-refractivity contribution in [1.82, 2.24) is 10.3 Å². The SMILES string of the molecule is O=C(CSc1ccncc1)N[C@@H]1COCC[C@@H]1OCC1CC1. The van der Waals surface area contributed by atoms with Gasteiger partial charge in [-0.25, -0.2) is 0 Å². The van der Waals surface area contributed by atoms with E-state index in [0.29, 0.717) is 19.0 Å². The molecule has 0 bridgehead atoms. The Morgan fingerprint density at radius 3 is 2.95 bits per heavy atom. The molecule has 0 unspecified atom stereocenters. The Balaban J connectivity index is 1.43. The van der Waals surface area contributed by atoms with Crippen LogP contribution in [0.3, 0.4) is 0 Å². The first-order valence-electron chi connectivity index (χ1n) is 7.83. The van der Waals surface area contributed by atoms with Gasteiger partial charge in [0, 0.05) is 30.5 Å². The molecule has 5 nitrogen and oxygen atoms in total. The number of rotatable bonds is 7. The summed E-state index contributed by atoms with van der Waals surface area (Å²) < 4.78 is 11.5. The minimum absolute atomic E-state index is 0.0253. The second-order valence-corrected chi connectivity index (χ2v) is 6.87. The van der Waals surface area contributed by atoms with Crippen LogP contribution in [0.4, 0.5) is 0 Å². The Hall–Kier alpha value is -1.11. The van der Waals surface area contributed by atoms with Crippen LogP contribution in [0, 0.1) is 5.92 Å². The van der Waals surface area contributed by atoms with Crippen molar-refractivity contribution in [3.05, 3.63) is 24.5 Å². The maximum absolute atomic E-state index is 12.1. The zero-order valence-corrected chi connectivity index (χ0v) is 13.4. The minimum Gasteiger partial charge on any atom is -0.379 e. The number of pyridine rings is 1. The molecule has 22 heavy (non-hydrogen) atoms. The molecule has 3 rings (SSSR count). The molecule has 0 aromatic carbocycles. The van der Waals surface area contributed by atoms with E-state index in [-0.39, 0.29) is 18.1 Å². The summed E-state index contributed by atoms with van der Waals surface area (Å²) in [6.45, 7) is 2.08. The third-order valence-electron chi connectivity index (χ3n) is 3.90. The molecule has 1 aromatic heterocycles. The average Bonchev–Trinajstić information content (AvgIpc) is 3.37. The lowest BCUT2D eigenvalue weighted by atomic mass is 10.1. The smallest absolute Gasteiger partial charge is 0.230 e. The largest absolute Gasteiger partial charge is 0.379 e. The molecule has 2 atom stereocenters. The van der Waals surface area contributed by atoms with Gasteiger partial charge in [0.25, 0.3) is 0 Å². The molecule has 1 N–H and O–H groups in total. The Labute approximate surface area is 135 Å². The molecular weight excluding hydrogens is 300 g/mol. The second-order valence-electron chi connectivity index (χ2n) is 5.82. The third kappa shape index (κ3) is 4.97. The Kier molecular flexibility index (Phi) is 5.70. The van der Waals surface area contributed by atoms with Crippen molar-refractivity contribution in [2.45, 2.75) is 36.3 Å². The van der Waals surface area contributed by atoms with Gasteiger partial charge in [-0.15, -0.1) is 11.8 Å². The van der Waals surface area contributed by atoms with Gasteiger partial charge in [0.05, 0.1) is 24.5 Å². The van der Waals surface area contributed by atoms with Gasteiger partial charge in [-0.1, -0.05) is 0 Å². The third-order valence-corrected chi connectivity index (χ3v) is 4.91. The van der Waals surface area contributed by atoms with Crippen LogP contribution in [0.5, 0.6) is 0 Å². The molecule has 1 aliphatic carbocycles. The molecule has 2 fully saturated rings. The first-order valence-corrected chi connectivity index (χ1v) is 8.81. The van der Waals surface area contributed by atoms with E-state index in [2.05, 4.69) is 10.3 Å². The van der Waals surface area contributed by atoms with Crippen LogP contribution in [-0.4, -0.2) is 48.6 Å². The number of ether oxygens (including phenoxy) is 2. The van der Waals surface area contributed by atoms with Crippen LogP contribution in [0.2, 0.25) is 0 Å². The quantitative estimate of drug-likeness (QED) is 0.777. The van der Waals surface area contributed by atoms with E-state index < -0.39 is 0 Å². The predicted octanol–water partition coefficient (Wildman–Crippen LogP) is 1.87. The van der Waals surface area contributed by atoms with E-state index >= 15 is 0 Å². The van der Waals surface area contributed by atoms with Crippen molar-refractivity contribution in [3.63, 3.8) is 0 Å². The predicted molar refractivity (Wildman–Crippen MR) is 84.8 cm³/mol. The first kappa shape index (κ1) is 15.8. The van der Waals surface area contributed by atoms with Crippen molar-refractivity contribution in [1.29, 1.82) is 0 Å². The number of amides is 1. The molecule has 1 aliphatic heterocycles. The monoisotopic (exact) mass is 322 g/mol. The van der Waals surface area contributed by atoms with Gasteiger partial charge >= 0.3 is 0 Å². The Morgan fingerprint density at radius 1 is 1.36 bits per heavy atom. The number of hydrogen-bond donors (Lipinski definition) is 1. The van der Waals surface area contributed by atoms with Gasteiger partial charge in [0.2, 0.25) is 5.91 Å². The van der Waals surface area contributed by atoms with E-state index in [0.717, 1.165) is 23.8 Å². The van der Waals surface area contributed by atoms with E-state index in [1.54, 1.807) is 12.4 Å². The van der Waals surface area contributed by atoms with Crippen molar-refractivity contribution in [2.24, 2.45) is 5.92 Å². The highest BCUT2D eigenvalue weighted by Gasteiger charge is 2.30. The zero-order valence-electron chi connectivity index (χ0n) is 12.6. The van der Waals surface area contributed by atoms with Gasteiger partial charge in [0.15, 0.2) is 0 Å². The topological polar surface area (TPSA) is 60.5 Å². The molecule has 1 aromatic rings. The Morgan fingerprint density at radius 2 is 2.18 bits per heavy atom. The van der Waals surface area contributed by atoms with Gasteiger partial charge < -0.3 is 14.8 Å². The van der Waals surface area contributed by atoms with Gasteiger partial charge in [-0.2, -0.15) is 0 Å². The van der Waals surface area contributed by atoms with E-state index in [4.69, 9.17) is 9.47 Å². The summed E-state index contributed by atoms with van der Waals surface area (Å²) in [6.07, 6.45) is 6.97. The fraction of sp³-hybridized carbons (Fsp3) is 0.625. The number of thioether (sulfide) groups is 1. The number of carbonyl (C=O) groups excluding carboxylic acids is 1. The summed E-state index contributed by atoms with van der Waals surface area (Å²) in [7, 11) is 0. The molecule has 1 saturated heterocycles. The average molecular weight is 322 g/mol. The van der Waals surface area contributed by atoms with Crippen molar-refractivity contribution in [2.75, 3.05) is 25.6 Å². The number of hydrogen-bond acceptors (Lipinski definition) is 5. The maximum atomic E-state index is 12.1. The zero-order chi connectivity index (χ0) is 15.2. The summed E-state index contributed by atoms with van der Waals surface area (Å²) in [4.78, 5) is 17.1. The lowest BCUT2D eigenvalue weighted by Gasteiger charge is -2.32. The Bertz CT molecular complexity index is 482. The molecule has 120 valence electrons. The minimum atomic E-state index is -0.0296. The molecular formula is C16H22N2O3S. The molecule has 1 saturated carbocycles. The highest BCUT2D eigenvalue weighted by molar-refractivity contribution is 8.00. The van der Waals surface area contributed by atoms with E-state index in [1.165, 1.54) is 24.6 Å². The summed E-state index contributed by atoms with van der Waals surface area (Å²) in [5.41, 5.74) is 0. The first-order chi connectivity index (χ1) is 10.8. The number of nitrogens with one attached hydrogen (secondary N) is 1.